The maximum absolute atomic E-state index is 11.5. The molecule has 388 valence electrons. The maximum atomic E-state index is 11.5. The highest BCUT2D eigenvalue weighted by molar-refractivity contribution is 6.05. The van der Waals surface area contributed by atoms with E-state index in [0.717, 1.165) is 11.9 Å². The maximum Gasteiger partial charge on any atom is 0.383 e. The minimum Gasteiger partial charge on any atom is -0.466 e. The molecule has 2 aliphatic carbocycles. The number of hydrogen-bond acceptors (Lipinski definition) is 23. The van der Waals surface area contributed by atoms with Crippen LogP contribution in [0.4, 0.5) is 0 Å². The van der Waals surface area contributed by atoms with E-state index in [1.165, 1.54) is 126 Å². The average Bonchev–Trinajstić information content (AvgIpc) is 4.04. The second-order valence-electron chi connectivity index (χ2n) is 11.9. The van der Waals surface area contributed by atoms with Crippen LogP contribution < -0.4 is 0 Å². The van der Waals surface area contributed by atoms with Crippen LogP contribution in [-0.4, -0.2) is 143 Å². The van der Waals surface area contributed by atoms with Gasteiger partial charge >= 0.3 is 65.8 Å². The first-order valence-electron chi connectivity index (χ1n) is 19.6. The molecule has 0 aromatic heterocycles. The third-order valence-corrected chi connectivity index (χ3v) is 7.47. The van der Waals surface area contributed by atoms with Crippen molar-refractivity contribution in [2.45, 2.75) is 20.3 Å². The number of esters is 10. The summed E-state index contributed by atoms with van der Waals surface area (Å²) in [6, 6.07) is 3.90. The fourth-order valence-corrected chi connectivity index (χ4v) is 4.07. The Kier molecular flexibility index (Phi) is 41.0. The van der Waals surface area contributed by atoms with Crippen LogP contribution in [0, 0.1) is 12.3 Å². The molecule has 0 bridgehead atoms. The summed E-state index contributed by atoms with van der Waals surface area (Å²) < 4.78 is 44.3. The minimum atomic E-state index is -0.735. The quantitative estimate of drug-likeness (QED) is 0.0584. The molecule has 3 rings (SSSR count). The zero-order valence-corrected chi connectivity index (χ0v) is 41.3. The Bertz CT molecular complexity index is 2360. The number of hydrogen-bond donors (Lipinski definition) is 0. The highest BCUT2D eigenvalue weighted by Gasteiger charge is 2.22. The lowest BCUT2D eigenvalue weighted by Gasteiger charge is -2.07. The topological polar surface area (TPSA) is 314 Å². The molecule has 0 spiro atoms. The van der Waals surface area contributed by atoms with Crippen molar-refractivity contribution in [2.75, 3.05) is 71.1 Å². The number of methoxy groups -OCH3 is 10. The van der Waals surface area contributed by atoms with Gasteiger partial charge in [-0.15, -0.1) is 6.42 Å². The Morgan fingerprint density at radius 1 is 0.556 bits per heavy atom. The fourth-order valence-electron chi connectivity index (χ4n) is 4.07. The number of benzene rings is 1. The summed E-state index contributed by atoms with van der Waals surface area (Å²) in [4.78, 5) is 135. The lowest BCUT2D eigenvalue weighted by atomic mass is 10.0. The summed E-state index contributed by atoms with van der Waals surface area (Å²) in [5.41, 5.74) is 2.92. The van der Waals surface area contributed by atoms with Gasteiger partial charge in [0.05, 0.1) is 98.9 Å². The number of aldehydes is 1. The van der Waals surface area contributed by atoms with Gasteiger partial charge in [-0.05, 0) is 60.1 Å². The molecule has 72 heavy (non-hydrogen) atoms. The van der Waals surface area contributed by atoms with Crippen molar-refractivity contribution < 1.29 is 110 Å². The monoisotopic (exact) mass is 1010 g/mol. The molecule has 0 aliphatic heterocycles. The fraction of sp³-hybridized carbons (Fsp3) is 0.265. The van der Waals surface area contributed by atoms with Crippen LogP contribution in [0.5, 0.6) is 0 Å². The third-order valence-electron chi connectivity index (χ3n) is 7.47. The zero-order chi connectivity index (χ0) is 56.2. The number of allylic oxidation sites excluding steroid dienone is 8. The van der Waals surface area contributed by atoms with Gasteiger partial charge in [0.15, 0.2) is 0 Å². The van der Waals surface area contributed by atoms with Gasteiger partial charge in [0.1, 0.15) is 6.29 Å². The van der Waals surface area contributed by atoms with Crippen LogP contribution >= 0.6 is 0 Å². The van der Waals surface area contributed by atoms with Gasteiger partial charge in [-0.3, -0.25) is 0 Å². The third kappa shape index (κ3) is 30.7. The van der Waals surface area contributed by atoms with Gasteiger partial charge < -0.3 is 52.2 Å². The first-order valence-corrected chi connectivity index (χ1v) is 19.6. The average molecular weight is 1010 g/mol. The number of ether oxygens (including phenoxy) is 10. The molecule has 0 N–H and O–H groups in total. The SMILES string of the molecule is C#CC(=O)OC.CCC=O.COC(=O)/C=C/C=C/C(=O)OC.COC(=O)/C=C1/C(C)=CC=C1C(=O)OC.COC(=O)C=C1C=CC(C(=O)OC)=C1.COC(=O)c1ccc(C(=O)OC)c(C(=O)OC)c1.O=C=O. The van der Waals surface area contributed by atoms with Gasteiger partial charge in [0.2, 0.25) is 0 Å². The molecule has 0 saturated heterocycles. The summed E-state index contributed by atoms with van der Waals surface area (Å²) in [5.74, 6) is -3.67. The molecule has 1 aromatic rings. The van der Waals surface area contributed by atoms with Gasteiger partial charge in [-0.1, -0.05) is 31.2 Å². The summed E-state index contributed by atoms with van der Waals surface area (Å²) in [6.45, 7) is 3.62. The van der Waals surface area contributed by atoms with E-state index in [-0.39, 0.29) is 22.8 Å². The molecular formula is C49H54O23. The summed E-state index contributed by atoms with van der Waals surface area (Å²) in [6.07, 6.45) is 22.2. The summed E-state index contributed by atoms with van der Waals surface area (Å²) >= 11 is 0. The molecule has 2 aliphatic rings. The van der Waals surface area contributed by atoms with E-state index in [0.29, 0.717) is 28.7 Å². The Morgan fingerprint density at radius 2 is 1.00 bits per heavy atom. The zero-order valence-electron chi connectivity index (χ0n) is 41.3. The number of carbonyl (C=O) groups excluding carboxylic acids is 13. The van der Waals surface area contributed by atoms with Crippen LogP contribution in [-0.2, 0) is 95.3 Å². The molecular weight excluding hydrogens is 957 g/mol. The Labute approximate surface area is 414 Å². The Morgan fingerprint density at radius 3 is 1.39 bits per heavy atom. The summed E-state index contributed by atoms with van der Waals surface area (Å²) in [7, 11) is 12.6. The lowest BCUT2D eigenvalue weighted by molar-refractivity contribution is -0.192. The second kappa shape index (κ2) is 42.8. The van der Waals surface area contributed by atoms with Gasteiger partial charge in [-0.2, -0.15) is 9.59 Å². The van der Waals surface area contributed by atoms with Crippen LogP contribution in [0.1, 0.15) is 51.3 Å². The second-order valence-corrected chi connectivity index (χ2v) is 11.9. The van der Waals surface area contributed by atoms with Crippen LogP contribution in [0.15, 0.2) is 113 Å². The van der Waals surface area contributed by atoms with E-state index in [1.54, 1.807) is 43.2 Å². The van der Waals surface area contributed by atoms with Gasteiger partial charge in [0.25, 0.3) is 0 Å². The van der Waals surface area contributed by atoms with Crippen molar-refractivity contribution in [3.05, 3.63) is 130 Å². The van der Waals surface area contributed by atoms with Crippen molar-refractivity contribution >= 4 is 72.1 Å². The highest BCUT2D eigenvalue weighted by Crippen LogP contribution is 2.26. The van der Waals surface area contributed by atoms with Crippen molar-refractivity contribution in [1.82, 2.24) is 0 Å². The van der Waals surface area contributed by atoms with Gasteiger partial charge in [0, 0.05) is 36.6 Å². The molecule has 23 heteroatoms. The molecule has 0 atom stereocenters. The van der Waals surface area contributed by atoms with E-state index in [1.807, 2.05) is 6.92 Å². The molecule has 0 radical (unpaired) electrons. The van der Waals surface area contributed by atoms with Crippen LogP contribution in [0.3, 0.4) is 0 Å². The van der Waals surface area contributed by atoms with E-state index < -0.39 is 59.7 Å². The molecule has 0 saturated carbocycles. The van der Waals surface area contributed by atoms with Crippen molar-refractivity contribution in [3.63, 3.8) is 0 Å². The van der Waals surface area contributed by atoms with E-state index in [9.17, 15) is 52.7 Å². The number of carbonyl (C=O) groups is 11. The minimum absolute atomic E-state index is 0.0250. The smallest absolute Gasteiger partial charge is 0.383 e. The van der Waals surface area contributed by atoms with Crippen LogP contribution in [0.2, 0.25) is 0 Å². The molecule has 1 aromatic carbocycles. The van der Waals surface area contributed by atoms with E-state index in [2.05, 4.69) is 53.8 Å². The lowest BCUT2D eigenvalue weighted by Crippen LogP contribution is -2.13. The largest absolute Gasteiger partial charge is 0.466 e. The Balaban J connectivity index is -0.000000398. The van der Waals surface area contributed by atoms with Crippen molar-refractivity contribution in [3.8, 4) is 12.3 Å². The first kappa shape index (κ1) is 69.0. The van der Waals surface area contributed by atoms with E-state index in [4.69, 9.17) is 9.59 Å². The molecule has 0 heterocycles. The standard InChI is InChI=1S/C12H12O6.C11H12O4.C10H10O4.C8H10O4.C4H4O2.C3H6O.CO2/c1-16-10(13)7-4-5-8(11(14)17-2)9(6-7)12(15)18-3;1-7-4-5-8(11(13)15-3)9(7)6-10(12)14-2;1-13-9(11)6-7-3-4-8(5-7)10(12)14-2;1-11-7(9)5-3-4-6-8(10)12-2;1-3-4(5)6-2;1-2-3-4;2-1-3/h4-6H,1-3H3;4-6H,1-3H3;3-6H,1-2H3;3-6H,1-2H3;1H,2H3;3H,2H2,1H3;/b;9-6-;;5-3+,6-4+;;;. The molecule has 0 unspecified atom stereocenters. The van der Waals surface area contributed by atoms with Crippen molar-refractivity contribution in [1.29, 1.82) is 0 Å². The van der Waals surface area contributed by atoms with Crippen molar-refractivity contribution in [2.24, 2.45) is 0 Å². The normalized spacial score (nSPS) is 11.9. The number of terminal acetylenes is 1. The molecule has 0 fully saturated rings. The molecule has 0 amide bonds. The predicted molar refractivity (Wildman–Crippen MR) is 248 cm³/mol. The number of rotatable bonds is 11. The first-order chi connectivity index (χ1) is 34.1. The highest BCUT2D eigenvalue weighted by atomic mass is 16.6. The van der Waals surface area contributed by atoms with Crippen LogP contribution in [0.25, 0.3) is 0 Å². The summed E-state index contributed by atoms with van der Waals surface area (Å²) in [5, 5.41) is 0. The van der Waals surface area contributed by atoms with E-state index >= 15 is 0 Å². The van der Waals surface area contributed by atoms with Gasteiger partial charge in [-0.25, -0.2) is 47.9 Å². The molecule has 23 nitrogen and oxygen atoms in total. The predicted octanol–water partition coefficient (Wildman–Crippen LogP) is 3.20. The Hall–Kier alpha value is -9.55.